The molecule has 2 rings (SSSR count). The van der Waals surface area contributed by atoms with Crippen LogP contribution in [0.5, 0.6) is 0 Å². The second-order valence-electron chi connectivity index (χ2n) is 6.22. The molecule has 0 aliphatic carbocycles. The molecule has 2 heterocycles. The highest BCUT2D eigenvalue weighted by Crippen LogP contribution is 2.25. The Morgan fingerprint density at radius 2 is 2.35 bits per heavy atom. The van der Waals surface area contributed by atoms with Gasteiger partial charge in [-0.15, -0.1) is 0 Å². The molecule has 3 N–H and O–H groups in total. The number of halogens is 1. The molecule has 7 heteroatoms. The quantitative estimate of drug-likeness (QED) is 0.740. The number of nitrogens with one attached hydrogen (secondary N) is 2. The van der Waals surface area contributed by atoms with Crippen molar-refractivity contribution >= 4 is 23.4 Å². The Bertz CT molecular complexity index is 527. The van der Waals surface area contributed by atoms with Crippen molar-refractivity contribution in [2.75, 3.05) is 24.6 Å². The van der Waals surface area contributed by atoms with E-state index in [0.717, 1.165) is 18.8 Å². The average Bonchev–Trinajstić information content (AvgIpc) is 2.95. The van der Waals surface area contributed by atoms with E-state index in [0.29, 0.717) is 18.0 Å². The lowest BCUT2D eigenvalue weighted by molar-refractivity contribution is 0.216. The molecule has 0 radical (unpaired) electrons. The standard InChI is InChI=1S/C16H25ClN4O2/c1-11(2)14(6-9-22)20-16(23)19-12-5-8-21(10-12)15-13(17)4-3-7-18-15/h3-4,7,11-12,14,22H,5-6,8-10H2,1-2H3,(H2,19,20,23). The second-order valence-corrected chi connectivity index (χ2v) is 6.63. The number of amides is 2. The first-order valence-corrected chi connectivity index (χ1v) is 8.42. The second kappa shape index (κ2) is 8.36. The molecule has 0 bridgehead atoms. The molecule has 1 aliphatic rings. The Kier molecular flexibility index (Phi) is 6.47. The predicted octanol–water partition coefficient (Wildman–Crippen LogP) is 2.02. The molecule has 1 saturated heterocycles. The number of anilines is 1. The van der Waals surface area contributed by atoms with Gasteiger partial charge in [-0.2, -0.15) is 0 Å². The number of hydrogen-bond donors (Lipinski definition) is 3. The Morgan fingerprint density at radius 1 is 1.57 bits per heavy atom. The van der Waals surface area contributed by atoms with Gasteiger partial charge in [-0.3, -0.25) is 0 Å². The maximum Gasteiger partial charge on any atom is 0.315 e. The zero-order valence-electron chi connectivity index (χ0n) is 13.6. The van der Waals surface area contributed by atoms with Gasteiger partial charge in [-0.25, -0.2) is 9.78 Å². The van der Waals surface area contributed by atoms with Crippen molar-refractivity contribution in [1.82, 2.24) is 15.6 Å². The highest BCUT2D eigenvalue weighted by Gasteiger charge is 2.26. The Balaban J connectivity index is 1.85. The molecule has 0 saturated carbocycles. The number of rotatable bonds is 6. The van der Waals surface area contributed by atoms with Crippen LogP contribution >= 0.6 is 11.6 Å². The molecule has 0 aromatic carbocycles. The van der Waals surface area contributed by atoms with Gasteiger partial charge in [0.1, 0.15) is 5.82 Å². The normalized spacial score (nSPS) is 19.0. The minimum absolute atomic E-state index is 0.0252. The molecule has 1 aliphatic heterocycles. The van der Waals surface area contributed by atoms with E-state index in [9.17, 15) is 4.79 Å². The number of hydrogen-bond acceptors (Lipinski definition) is 4. The molecule has 2 amide bonds. The van der Waals surface area contributed by atoms with Crippen LogP contribution in [-0.4, -0.2) is 47.9 Å². The third-order valence-electron chi connectivity index (χ3n) is 4.12. The van der Waals surface area contributed by atoms with Gasteiger partial charge in [0.15, 0.2) is 0 Å². The van der Waals surface area contributed by atoms with Crippen molar-refractivity contribution in [3.05, 3.63) is 23.4 Å². The maximum absolute atomic E-state index is 12.1. The molecule has 23 heavy (non-hydrogen) atoms. The molecular weight excluding hydrogens is 316 g/mol. The Labute approximate surface area is 142 Å². The van der Waals surface area contributed by atoms with Gasteiger partial charge in [-0.05, 0) is 30.9 Å². The minimum Gasteiger partial charge on any atom is -0.396 e. The number of carbonyl (C=O) groups excluding carboxylic acids is 1. The Morgan fingerprint density at radius 3 is 3.00 bits per heavy atom. The zero-order chi connectivity index (χ0) is 16.8. The highest BCUT2D eigenvalue weighted by atomic mass is 35.5. The number of aromatic nitrogens is 1. The van der Waals surface area contributed by atoms with Crippen LogP contribution in [0.4, 0.5) is 10.6 Å². The van der Waals surface area contributed by atoms with E-state index < -0.39 is 0 Å². The summed E-state index contributed by atoms with van der Waals surface area (Å²) in [7, 11) is 0. The summed E-state index contributed by atoms with van der Waals surface area (Å²) in [5.74, 6) is 1.04. The molecule has 1 aromatic heterocycles. The van der Waals surface area contributed by atoms with Crippen molar-refractivity contribution in [1.29, 1.82) is 0 Å². The van der Waals surface area contributed by atoms with Crippen molar-refractivity contribution in [3.63, 3.8) is 0 Å². The summed E-state index contributed by atoms with van der Waals surface area (Å²) in [6.45, 7) is 5.63. The fraction of sp³-hybridized carbons (Fsp3) is 0.625. The van der Waals surface area contributed by atoms with E-state index in [1.54, 1.807) is 12.3 Å². The SMILES string of the molecule is CC(C)C(CCO)NC(=O)NC1CCN(c2ncccc2Cl)C1. The zero-order valence-corrected chi connectivity index (χ0v) is 14.4. The van der Waals surface area contributed by atoms with Crippen LogP contribution in [0, 0.1) is 5.92 Å². The van der Waals surface area contributed by atoms with E-state index in [2.05, 4.69) is 20.5 Å². The smallest absolute Gasteiger partial charge is 0.315 e. The van der Waals surface area contributed by atoms with E-state index in [-0.39, 0.29) is 30.6 Å². The third-order valence-corrected chi connectivity index (χ3v) is 4.42. The van der Waals surface area contributed by atoms with Crippen LogP contribution in [0.3, 0.4) is 0 Å². The average molecular weight is 341 g/mol. The lowest BCUT2D eigenvalue weighted by Gasteiger charge is -2.23. The van der Waals surface area contributed by atoms with Crippen LogP contribution in [0.15, 0.2) is 18.3 Å². The monoisotopic (exact) mass is 340 g/mol. The fourth-order valence-electron chi connectivity index (χ4n) is 2.79. The van der Waals surface area contributed by atoms with Crippen molar-refractivity contribution in [2.24, 2.45) is 5.92 Å². The van der Waals surface area contributed by atoms with Gasteiger partial charge in [0, 0.05) is 38.0 Å². The number of carbonyl (C=O) groups is 1. The van der Waals surface area contributed by atoms with Gasteiger partial charge >= 0.3 is 6.03 Å². The molecule has 1 fully saturated rings. The van der Waals surface area contributed by atoms with Gasteiger partial charge < -0.3 is 20.6 Å². The lowest BCUT2D eigenvalue weighted by Crippen LogP contribution is -2.48. The number of aliphatic hydroxyl groups is 1. The topological polar surface area (TPSA) is 77.5 Å². The molecule has 128 valence electrons. The number of pyridine rings is 1. The van der Waals surface area contributed by atoms with Gasteiger partial charge in [0.25, 0.3) is 0 Å². The molecule has 0 spiro atoms. The number of nitrogens with zero attached hydrogens (tertiary/aromatic N) is 2. The van der Waals surface area contributed by atoms with Gasteiger partial charge in [0.2, 0.25) is 0 Å². The van der Waals surface area contributed by atoms with Crippen LogP contribution in [-0.2, 0) is 0 Å². The van der Waals surface area contributed by atoms with Crippen molar-refractivity contribution < 1.29 is 9.90 Å². The van der Waals surface area contributed by atoms with Gasteiger partial charge in [0.05, 0.1) is 5.02 Å². The first-order valence-electron chi connectivity index (χ1n) is 8.04. The van der Waals surface area contributed by atoms with Crippen molar-refractivity contribution in [2.45, 2.75) is 38.8 Å². The van der Waals surface area contributed by atoms with E-state index in [1.807, 2.05) is 19.9 Å². The van der Waals surface area contributed by atoms with Crippen molar-refractivity contribution in [3.8, 4) is 0 Å². The molecule has 6 nitrogen and oxygen atoms in total. The largest absolute Gasteiger partial charge is 0.396 e. The molecular formula is C16H25ClN4O2. The van der Waals surface area contributed by atoms with E-state index in [4.69, 9.17) is 16.7 Å². The van der Waals surface area contributed by atoms with Crippen LogP contribution in [0.2, 0.25) is 5.02 Å². The number of urea groups is 1. The first kappa shape index (κ1) is 17.8. The summed E-state index contributed by atoms with van der Waals surface area (Å²) in [5, 5.41) is 15.6. The third kappa shape index (κ3) is 4.97. The molecule has 2 unspecified atom stereocenters. The molecule has 1 aromatic rings. The van der Waals surface area contributed by atoms with Crippen LogP contribution < -0.4 is 15.5 Å². The summed E-state index contributed by atoms with van der Waals surface area (Å²) >= 11 is 6.17. The maximum atomic E-state index is 12.1. The van der Waals surface area contributed by atoms with E-state index >= 15 is 0 Å². The van der Waals surface area contributed by atoms with Crippen LogP contribution in [0.1, 0.15) is 26.7 Å². The first-order chi connectivity index (χ1) is 11.0. The summed E-state index contributed by atoms with van der Waals surface area (Å²) in [6.07, 6.45) is 3.13. The predicted molar refractivity (Wildman–Crippen MR) is 91.9 cm³/mol. The summed E-state index contributed by atoms with van der Waals surface area (Å²) < 4.78 is 0. The minimum atomic E-state index is -0.184. The highest BCUT2D eigenvalue weighted by molar-refractivity contribution is 6.32. The molecule has 2 atom stereocenters. The Hall–Kier alpha value is -1.53. The summed E-state index contributed by atoms with van der Waals surface area (Å²) in [5.41, 5.74) is 0. The van der Waals surface area contributed by atoms with Crippen LogP contribution in [0.25, 0.3) is 0 Å². The van der Waals surface area contributed by atoms with E-state index in [1.165, 1.54) is 0 Å². The summed E-state index contributed by atoms with van der Waals surface area (Å²) in [6, 6.07) is 3.48. The number of aliphatic hydroxyl groups excluding tert-OH is 1. The summed E-state index contributed by atoms with van der Waals surface area (Å²) in [4.78, 5) is 18.5. The lowest BCUT2D eigenvalue weighted by atomic mass is 10.0. The fourth-order valence-corrected chi connectivity index (χ4v) is 3.03. The van der Waals surface area contributed by atoms with Gasteiger partial charge in [-0.1, -0.05) is 25.4 Å².